The van der Waals surface area contributed by atoms with E-state index in [0.717, 1.165) is 49.0 Å². The van der Waals surface area contributed by atoms with E-state index in [-0.39, 0.29) is 0 Å². The Morgan fingerprint density at radius 1 is 0.960 bits per heavy atom. The first-order valence-electron chi connectivity index (χ1n) is 9.14. The van der Waals surface area contributed by atoms with Gasteiger partial charge in [0.15, 0.2) is 0 Å². The normalized spacial score (nSPS) is 12.2. The monoisotopic (exact) mass is 342 g/mol. The minimum Gasteiger partial charge on any atom is -0.508 e. The van der Waals surface area contributed by atoms with Crippen molar-refractivity contribution in [1.82, 2.24) is 0 Å². The Hall–Kier alpha value is -1.96. The van der Waals surface area contributed by atoms with Crippen molar-refractivity contribution >= 4 is 0 Å². The maximum atomic E-state index is 10.1. The summed E-state index contributed by atoms with van der Waals surface area (Å²) < 4.78 is 5.34. The highest BCUT2D eigenvalue weighted by atomic mass is 16.5. The highest BCUT2D eigenvalue weighted by Gasteiger charge is 2.06. The summed E-state index contributed by atoms with van der Waals surface area (Å²) in [6.07, 6.45) is 12.0. The molecule has 0 aliphatic heterocycles. The standard InChI is InChI=1S/C23H34O2/c1-17(2)9-7-10-18(3)11-8-12-19(4)13-14-21-16-23(25-6)20(5)15-22(21)24/h9,11,13,15-16,24H,7-8,10,12,14H2,1-6H3/b18-11+,19-13+. The Morgan fingerprint density at radius 2 is 1.56 bits per heavy atom. The molecule has 0 saturated carbocycles. The lowest BCUT2D eigenvalue weighted by Gasteiger charge is -2.09. The maximum Gasteiger partial charge on any atom is 0.122 e. The van der Waals surface area contributed by atoms with Crippen LogP contribution >= 0.6 is 0 Å². The third-order valence-electron chi connectivity index (χ3n) is 4.39. The molecule has 0 spiro atoms. The van der Waals surface area contributed by atoms with E-state index in [9.17, 15) is 5.11 Å². The highest BCUT2D eigenvalue weighted by Crippen LogP contribution is 2.28. The molecule has 0 amide bonds. The predicted octanol–water partition coefficient (Wildman–Crippen LogP) is 6.67. The number of hydrogen-bond donors (Lipinski definition) is 1. The van der Waals surface area contributed by atoms with E-state index in [0.29, 0.717) is 5.75 Å². The van der Waals surface area contributed by atoms with Crippen LogP contribution in [0.5, 0.6) is 11.5 Å². The van der Waals surface area contributed by atoms with Crippen molar-refractivity contribution in [2.45, 2.75) is 66.7 Å². The molecular formula is C23H34O2. The molecule has 0 aromatic heterocycles. The van der Waals surface area contributed by atoms with Crippen molar-refractivity contribution in [3.63, 3.8) is 0 Å². The van der Waals surface area contributed by atoms with Crippen molar-refractivity contribution in [2.24, 2.45) is 0 Å². The van der Waals surface area contributed by atoms with Gasteiger partial charge < -0.3 is 9.84 Å². The van der Waals surface area contributed by atoms with Crippen LogP contribution in [0.25, 0.3) is 0 Å². The number of hydrogen-bond acceptors (Lipinski definition) is 2. The molecule has 0 atom stereocenters. The summed E-state index contributed by atoms with van der Waals surface area (Å²) >= 11 is 0. The van der Waals surface area contributed by atoms with Gasteiger partial charge in [0.25, 0.3) is 0 Å². The number of ether oxygens (including phenoxy) is 1. The second-order valence-electron chi connectivity index (χ2n) is 7.11. The minimum absolute atomic E-state index is 0.345. The number of benzene rings is 1. The van der Waals surface area contributed by atoms with E-state index < -0.39 is 0 Å². The summed E-state index contributed by atoms with van der Waals surface area (Å²) in [5, 5.41) is 10.1. The number of phenols is 1. The van der Waals surface area contributed by atoms with Crippen LogP contribution in [-0.4, -0.2) is 12.2 Å². The minimum atomic E-state index is 0.345. The van der Waals surface area contributed by atoms with Crippen LogP contribution in [0.15, 0.2) is 47.1 Å². The Morgan fingerprint density at radius 3 is 2.16 bits per heavy atom. The Bertz CT molecular complexity index is 644. The van der Waals surface area contributed by atoms with E-state index in [1.165, 1.54) is 16.7 Å². The van der Waals surface area contributed by atoms with Crippen LogP contribution in [0.2, 0.25) is 0 Å². The van der Waals surface area contributed by atoms with E-state index >= 15 is 0 Å². The maximum absolute atomic E-state index is 10.1. The molecule has 2 heteroatoms. The Balaban J connectivity index is 2.53. The topological polar surface area (TPSA) is 29.5 Å². The molecule has 25 heavy (non-hydrogen) atoms. The van der Waals surface area contributed by atoms with Crippen LogP contribution in [0.3, 0.4) is 0 Å². The van der Waals surface area contributed by atoms with Gasteiger partial charge in [-0.1, -0.05) is 34.9 Å². The average molecular weight is 343 g/mol. The third-order valence-corrected chi connectivity index (χ3v) is 4.39. The van der Waals surface area contributed by atoms with Gasteiger partial charge in [0.05, 0.1) is 7.11 Å². The van der Waals surface area contributed by atoms with Crippen LogP contribution in [0, 0.1) is 6.92 Å². The molecule has 0 aliphatic carbocycles. The molecule has 0 bridgehead atoms. The lowest BCUT2D eigenvalue weighted by Crippen LogP contribution is -1.91. The number of phenolic OH excluding ortho intramolecular Hbond substituents is 1. The zero-order valence-electron chi connectivity index (χ0n) is 16.8. The van der Waals surface area contributed by atoms with Crippen molar-refractivity contribution < 1.29 is 9.84 Å². The summed E-state index contributed by atoms with van der Waals surface area (Å²) in [6.45, 7) is 10.6. The molecule has 1 N–H and O–H groups in total. The highest BCUT2D eigenvalue weighted by molar-refractivity contribution is 5.46. The summed E-state index contributed by atoms with van der Waals surface area (Å²) in [7, 11) is 1.66. The second-order valence-corrected chi connectivity index (χ2v) is 7.11. The molecular weight excluding hydrogens is 308 g/mol. The quantitative estimate of drug-likeness (QED) is 0.508. The van der Waals surface area contributed by atoms with Crippen molar-refractivity contribution in [1.29, 1.82) is 0 Å². The number of aryl methyl sites for hydroxylation is 1. The van der Waals surface area contributed by atoms with E-state index in [4.69, 9.17) is 4.74 Å². The molecule has 0 heterocycles. The number of allylic oxidation sites excluding steroid dienone is 6. The van der Waals surface area contributed by atoms with Gasteiger partial charge in [-0.15, -0.1) is 0 Å². The van der Waals surface area contributed by atoms with Gasteiger partial charge in [-0.2, -0.15) is 0 Å². The van der Waals surface area contributed by atoms with Gasteiger partial charge in [-0.05, 0) is 84.4 Å². The summed E-state index contributed by atoms with van der Waals surface area (Å²) in [5.74, 6) is 1.17. The number of methoxy groups -OCH3 is 1. The van der Waals surface area contributed by atoms with Crippen LogP contribution in [0.1, 0.15) is 64.5 Å². The fraction of sp³-hybridized carbons (Fsp3) is 0.478. The smallest absolute Gasteiger partial charge is 0.122 e. The summed E-state index contributed by atoms with van der Waals surface area (Å²) in [5.41, 5.74) is 6.08. The fourth-order valence-corrected chi connectivity index (χ4v) is 2.72. The van der Waals surface area contributed by atoms with Crippen molar-refractivity contribution in [3.8, 4) is 11.5 Å². The largest absolute Gasteiger partial charge is 0.508 e. The zero-order chi connectivity index (χ0) is 18.8. The number of aromatic hydroxyl groups is 1. The Labute approximate surface area is 153 Å². The molecule has 0 radical (unpaired) electrons. The molecule has 0 saturated heterocycles. The van der Waals surface area contributed by atoms with E-state index in [1.54, 1.807) is 13.2 Å². The lowest BCUT2D eigenvalue weighted by atomic mass is 10.0. The molecule has 1 aromatic carbocycles. The predicted molar refractivity (Wildman–Crippen MR) is 109 cm³/mol. The SMILES string of the molecule is COc1cc(C/C=C(\C)CC/C=C(\C)CCC=C(C)C)c(O)cc1C. The fourth-order valence-electron chi connectivity index (χ4n) is 2.72. The molecule has 2 nitrogen and oxygen atoms in total. The second kappa shape index (κ2) is 10.8. The lowest BCUT2D eigenvalue weighted by molar-refractivity contribution is 0.407. The zero-order valence-corrected chi connectivity index (χ0v) is 16.8. The van der Waals surface area contributed by atoms with Crippen LogP contribution in [0.4, 0.5) is 0 Å². The first kappa shape index (κ1) is 21.1. The van der Waals surface area contributed by atoms with Gasteiger partial charge in [-0.3, -0.25) is 0 Å². The van der Waals surface area contributed by atoms with Gasteiger partial charge >= 0.3 is 0 Å². The molecule has 1 rings (SSSR count). The van der Waals surface area contributed by atoms with Gasteiger partial charge in [0.1, 0.15) is 11.5 Å². The third kappa shape index (κ3) is 8.11. The average Bonchev–Trinajstić information content (AvgIpc) is 2.53. The van der Waals surface area contributed by atoms with Crippen molar-refractivity contribution in [2.75, 3.05) is 7.11 Å². The molecule has 0 fully saturated rings. The molecule has 0 unspecified atom stereocenters. The van der Waals surface area contributed by atoms with Crippen LogP contribution < -0.4 is 4.74 Å². The van der Waals surface area contributed by atoms with Crippen molar-refractivity contribution in [3.05, 3.63) is 58.2 Å². The van der Waals surface area contributed by atoms with Gasteiger partial charge in [-0.25, -0.2) is 0 Å². The first-order chi connectivity index (χ1) is 11.8. The van der Waals surface area contributed by atoms with Gasteiger partial charge in [0, 0.05) is 5.56 Å². The summed E-state index contributed by atoms with van der Waals surface area (Å²) in [6, 6.07) is 3.71. The molecule has 0 aliphatic rings. The summed E-state index contributed by atoms with van der Waals surface area (Å²) in [4.78, 5) is 0. The number of rotatable bonds is 9. The van der Waals surface area contributed by atoms with E-state index in [2.05, 4.69) is 45.9 Å². The van der Waals surface area contributed by atoms with E-state index in [1.807, 2.05) is 13.0 Å². The molecule has 138 valence electrons. The van der Waals surface area contributed by atoms with Crippen LogP contribution in [-0.2, 0) is 6.42 Å². The first-order valence-corrected chi connectivity index (χ1v) is 9.14. The Kier molecular flexibility index (Phi) is 9.12. The van der Waals surface area contributed by atoms with Gasteiger partial charge in [0.2, 0.25) is 0 Å². The molecule has 1 aromatic rings.